The standard InChI is InChI=1S/C16H17NO3/c1-3-20-15(18)11-17-9-8-14(10-17)16(19)13-6-4-12(2)5-7-13/h4-10H,3,11H2,1-2H3. The number of nitrogens with zero attached hydrogens (tertiary/aromatic N) is 1. The van der Waals surface area contributed by atoms with Gasteiger partial charge in [0.15, 0.2) is 5.78 Å². The van der Waals surface area contributed by atoms with Crippen LogP contribution in [0, 0.1) is 6.92 Å². The first-order valence-corrected chi connectivity index (χ1v) is 6.53. The van der Waals surface area contributed by atoms with Crippen molar-refractivity contribution in [3.05, 3.63) is 59.4 Å². The lowest BCUT2D eigenvalue weighted by Crippen LogP contribution is -2.12. The second-order valence-electron chi connectivity index (χ2n) is 4.57. The molecule has 0 aliphatic heterocycles. The molecule has 0 spiro atoms. The second-order valence-corrected chi connectivity index (χ2v) is 4.57. The molecule has 0 saturated carbocycles. The van der Waals surface area contributed by atoms with Crippen LogP contribution in [0.3, 0.4) is 0 Å². The fourth-order valence-corrected chi connectivity index (χ4v) is 1.90. The van der Waals surface area contributed by atoms with E-state index in [-0.39, 0.29) is 18.3 Å². The second kappa shape index (κ2) is 6.19. The van der Waals surface area contributed by atoms with Crippen LogP contribution in [0.1, 0.15) is 28.4 Å². The number of ether oxygens (including phenoxy) is 1. The van der Waals surface area contributed by atoms with Gasteiger partial charge in [-0.3, -0.25) is 9.59 Å². The summed E-state index contributed by atoms with van der Waals surface area (Å²) in [7, 11) is 0. The molecule has 104 valence electrons. The minimum atomic E-state index is -0.308. The number of aromatic nitrogens is 1. The van der Waals surface area contributed by atoms with Gasteiger partial charge in [-0.25, -0.2) is 0 Å². The Morgan fingerprint density at radius 1 is 1.10 bits per heavy atom. The molecule has 0 atom stereocenters. The first-order valence-electron chi connectivity index (χ1n) is 6.53. The van der Waals surface area contributed by atoms with Crippen LogP contribution in [-0.4, -0.2) is 22.9 Å². The summed E-state index contributed by atoms with van der Waals surface area (Å²) in [6, 6.07) is 9.13. The van der Waals surface area contributed by atoms with Gasteiger partial charge in [0.05, 0.1) is 6.61 Å². The molecule has 2 aromatic rings. The normalized spacial score (nSPS) is 10.3. The fourth-order valence-electron chi connectivity index (χ4n) is 1.90. The molecule has 1 heterocycles. The molecular formula is C16H17NO3. The van der Waals surface area contributed by atoms with Crippen LogP contribution in [0.5, 0.6) is 0 Å². The molecule has 0 radical (unpaired) electrons. The summed E-state index contributed by atoms with van der Waals surface area (Å²) in [6.07, 6.45) is 3.37. The summed E-state index contributed by atoms with van der Waals surface area (Å²) in [5, 5.41) is 0. The lowest BCUT2D eigenvalue weighted by Gasteiger charge is -2.02. The van der Waals surface area contributed by atoms with E-state index < -0.39 is 0 Å². The maximum atomic E-state index is 12.3. The minimum Gasteiger partial charge on any atom is -0.465 e. The van der Waals surface area contributed by atoms with Crippen molar-refractivity contribution in [3.63, 3.8) is 0 Å². The molecule has 0 saturated heterocycles. The fraction of sp³-hybridized carbons (Fsp3) is 0.250. The van der Waals surface area contributed by atoms with E-state index in [1.54, 1.807) is 42.1 Å². The van der Waals surface area contributed by atoms with Gasteiger partial charge >= 0.3 is 5.97 Å². The van der Waals surface area contributed by atoms with E-state index in [4.69, 9.17) is 4.74 Å². The lowest BCUT2D eigenvalue weighted by molar-refractivity contribution is -0.143. The molecule has 0 amide bonds. The SMILES string of the molecule is CCOC(=O)Cn1ccc(C(=O)c2ccc(C)cc2)c1. The molecule has 0 unspecified atom stereocenters. The molecule has 1 aromatic carbocycles. The largest absolute Gasteiger partial charge is 0.465 e. The van der Waals surface area contributed by atoms with Crippen LogP contribution in [0.25, 0.3) is 0 Å². The van der Waals surface area contributed by atoms with Gasteiger partial charge in [-0.2, -0.15) is 0 Å². The smallest absolute Gasteiger partial charge is 0.325 e. The Morgan fingerprint density at radius 2 is 1.80 bits per heavy atom. The number of carbonyl (C=O) groups excluding carboxylic acids is 2. The maximum absolute atomic E-state index is 12.3. The molecule has 0 N–H and O–H groups in total. The number of benzene rings is 1. The highest BCUT2D eigenvalue weighted by atomic mass is 16.5. The van der Waals surface area contributed by atoms with E-state index >= 15 is 0 Å². The minimum absolute atomic E-state index is 0.0485. The van der Waals surface area contributed by atoms with Crippen LogP contribution in [0.4, 0.5) is 0 Å². The van der Waals surface area contributed by atoms with Crippen molar-refractivity contribution in [3.8, 4) is 0 Å². The third-order valence-corrected chi connectivity index (χ3v) is 2.94. The predicted octanol–water partition coefficient (Wildman–Crippen LogP) is 2.59. The Hall–Kier alpha value is -2.36. The van der Waals surface area contributed by atoms with Gasteiger partial charge in [-0.1, -0.05) is 29.8 Å². The highest BCUT2D eigenvalue weighted by Gasteiger charge is 2.11. The highest BCUT2D eigenvalue weighted by Crippen LogP contribution is 2.11. The van der Waals surface area contributed by atoms with Gasteiger partial charge in [0.25, 0.3) is 0 Å². The van der Waals surface area contributed by atoms with Crippen LogP contribution >= 0.6 is 0 Å². The Kier molecular flexibility index (Phi) is 4.35. The molecule has 4 nitrogen and oxygen atoms in total. The van der Waals surface area contributed by atoms with Gasteiger partial charge in [0.1, 0.15) is 6.54 Å². The lowest BCUT2D eigenvalue weighted by atomic mass is 10.0. The summed E-state index contributed by atoms with van der Waals surface area (Å²) in [4.78, 5) is 23.6. The summed E-state index contributed by atoms with van der Waals surface area (Å²) in [6.45, 7) is 4.22. The van der Waals surface area contributed by atoms with Gasteiger partial charge < -0.3 is 9.30 Å². The van der Waals surface area contributed by atoms with Crippen molar-refractivity contribution in [1.29, 1.82) is 0 Å². The highest BCUT2D eigenvalue weighted by molar-refractivity contribution is 6.08. The van der Waals surface area contributed by atoms with Crippen molar-refractivity contribution in [2.45, 2.75) is 20.4 Å². The maximum Gasteiger partial charge on any atom is 0.325 e. The summed E-state index contributed by atoms with van der Waals surface area (Å²) >= 11 is 0. The van der Waals surface area contributed by atoms with E-state index in [0.29, 0.717) is 17.7 Å². The quantitative estimate of drug-likeness (QED) is 0.620. The van der Waals surface area contributed by atoms with Crippen molar-refractivity contribution < 1.29 is 14.3 Å². The number of aryl methyl sites for hydroxylation is 1. The molecule has 4 heteroatoms. The van der Waals surface area contributed by atoms with Crippen LogP contribution < -0.4 is 0 Å². The van der Waals surface area contributed by atoms with Crippen molar-refractivity contribution in [2.75, 3.05) is 6.61 Å². The van der Waals surface area contributed by atoms with Crippen molar-refractivity contribution >= 4 is 11.8 Å². The van der Waals surface area contributed by atoms with E-state index in [0.717, 1.165) is 5.56 Å². The number of hydrogen-bond donors (Lipinski definition) is 0. The summed E-state index contributed by atoms with van der Waals surface area (Å²) in [5.74, 6) is -0.356. The zero-order valence-corrected chi connectivity index (χ0v) is 11.6. The first kappa shape index (κ1) is 14.1. The third-order valence-electron chi connectivity index (χ3n) is 2.94. The van der Waals surface area contributed by atoms with Crippen molar-refractivity contribution in [2.24, 2.45) is 0 Å². The average Bonchev–Trinajstić information content (AvgIpc) is 2.87. The number of ketones is 1. The molecular weight excluding hydrogens is 254 g/mol. The van der Waals surface area contributed by atoms with Crippen molar-refractivity contribution in [1.82, 2.24) is 4.57 Å². The van der Waals surface area contributed by atoms with Gasteiger partial charge in [-0.15, -0.1) is 0 Å². The zero-order valence-electron chi connectivity index (χ0n) is 11.6. The van der Waals surface area contributed by atoms with E-state index in [9.17, 15) is 9.59 Å². The number of hydrogen-bond acceptors (Lipinski definition) is 3. The topological polar surface area (TPSA) is 48.3 Å². The van der Waals surface area contributed by atoms with Crippen LogP contribution in [0.2, 0.25) is 0 Å². The molecule has 0 aliphatic rings. The van der Waals surface area contributed by atoms with Crippen LogP contribution in [-0.2, 0) is 16.1 Å². The summed E-state index contributed by atoms with van der Waals surface area (Å²) in [5.41, 5.74) is 2.32. The molecule has 0 aliphatic carbocycles. The van der Waals surface area contributed by atoms with Crippen LogP contribution in [0.15, 0.2) is 42.7 Å². The van der Waals surface area contributed by atoms with Gasteiger partial charge in [0, 0.05) is 23.5 Å². The molecule has 20 heavy (non-hydrogen) atoms. The summed E-state index contributed by atoms with van der Waals surface area (Å²) < 4.78 is 6.52. The molecule has 1 aromatic heterocycles. The number of rotatable bonds is 5. The van der Waals surface area contributed by atoms with Gasteiger partial charge in [0.2, 0.25) is 0 Å². The monoisotopic (exact) mass is 271 g/mol. The molecule has 0 fully saturated rings. The Balaban J connectivity index is 2.10. The van der Waals surface area contributed by atoms with E-state index in [2.05, 4.69) is 0 Å². The Morgan fingerprint density at radius 3 is 2.45 bits per heavy atom. The van der Waals surface area contributed by atoms with Gasteiger partial charge in [-0.05, 0) is 19.9 Å². The number of carbonyl (C=O) groups is 2. The van der Waals surface area contributed by atoms with E-state index in [1.165, 1.54) is 0 Å². The number of esters is 1. The molecule has 0 bridgehead atoms. The third kappa shape index (κ3) is 3.35. The van der Waals surface area contributed by atoms with E-state index in [1.807, 2.05) is 19.1 Å². The first-order chi connectivity index (χ1) is 9.60. The average molecular weight is 271 g/mol. The molecule has 2 rings (SSSR count). The Labute approximate surface area is 118 Å². The predicted molar refractivity (Wildman–Crippen MR) is 75.7 cm³/mol. The Bertz CT molecular complexity index is 611. The zero-order chi connectivity index (χ0) is 14.5.